The van der Waals surface area contributed by atoms with Crippen LogP contribution in [0, 0.1) is 5.92 Å². The van der Waals surface area contributed by atoms with E-state index in [9.17, 15) is 4.79 Å². The lowest BCUT2D eigenvalue weighted by Gasteiger charge is -2.33. The van der Waals surface area contributed by atoms with Crippen molar-refractivity contribution < 1.29 is 23.7 Å². The van der Waals surface area contributed by atoms with E-state index in [0.717, 1.165) is 12.8 Å². The van der Waals surface area contributed by atoms with Gasteiger partial charge in [0, 0.05) is 7.11 Å². The van der Waals surface area contributed by atoms with Crippen LogP contribution in [0.15, 0.2) is 0 Å². The Morgan fingerprint density at radius 1 is 1.05 bits per heavy atom. The first-order valence-electron chi connectivity index (χ1n) is 7.69. The third-order valence-electron chi connectivity index (χ3n) is 3.84. The predicted octanol–water partition coefficient (Wildman–Crippen LogP) is 1.12. The van der Waals surface area contributed by atoms with Crippen molar-refractivity contribution >= 4 is 5.97 Å². The van der Waals surface area contributed by atoms with Crippen molar-refractivity contribution in [3.05, 3.63) is 0 Å². The van der Waals surface area contributed by atoms with E-state index in [2.05, 4.69) is 6.92 Å². The van der Waals surface area contributed by atoms with Gasteiger partial charge in [-0.1, -0.05) is 6.92 Å². The van der Waals surface area contributed by atoms with Crippen LogP contribution in [-0.4, -0.2) is 58.3 Å². The second-order valence-electron chi connectivity index (χ2n) is 5.69. The molecule has 0 aromatic rings. The van der Waals surface area contributed by atoms with Crippen LogP contribution in [0.2, 0.25) is 0 Å². The summed E-state index contributed by atoms with van der Waals surface area (Å²) < 4.78 is 20.6. The molecular formula is C15H29NO5. The average Bonchev–Trinajstić information content (AvgIpc) is 2.48. The third kappa shape index (κ3) is 7.22. The molecule has 1 aliphatic rings. The van der Waals surface area contributed by atoms with Crippen molar-refractivity contribution in [2.75, 3.05) is 46.8 Å². The highest BCUT2D eigenvalue weighted by Gasteiger charge is 2.38. The fourth-order valence-electron chi connectivity index (χ4n) is 2.28. The number of carbonyl (C=O) groups is 1. The summed E-state index contributed by atoms with van der Waals surface area (Å²) in [6, 6.07) is 0. The molecule has 0 unspecified atom stereocenters. The van der Waals surface area contributed by atoms with Crippen molar-refractivity contribution in [1.82, 2.24) is 0 Å². The first-order valence-corrected chi connectivity index (χ1v) is 7.69. The predicted molar refractivity (Wildman–Crippen MR) is 79.0 cm³/mol. The summed E-state index contributed by atoms with van der Waals surface area (Å²) in [5, 5.41) is 0. The smallest absolute Gasteiger partial charge is 0.326 e. The topological polar surface area (TPSA) is 80.0 Å². The zero-order valence-corrected chi connectivity index (χ0v) is 13.3. The van der Waals surface area contributed by atoms with Gasteiger partial charge in [0.2, 0.25) is 0 Å². The molecule has 6 heteroatoms. The Labute approximate surface area is 127 Å². The maximum atomic E-state index is 12.0. The molecule has 2 N–H and O–H groups in total. The molecule has 0 saturated heterocycles. The molecule has 1 rings (SSSR count). The quantitative estimate of drug-likeness (QED) is 0.481. The molecule has 0 aromatic carbocycles. The van der Waals surface area contributed by atoms with Gasteiger partial charge in [-0.05, 0) is 31.6 Å². The molecule has 0 atom stereocenters. The van der Waals surface area contributed by atoms with Crippen molar-refractivity contribution in [3.8, 4) is 0 Å². The van der Waals surface area contributed by atoms with E-state index in [4.69, 9.17) is 24.7 Å². The number of esters is 1. The summed E-state index contributed by atoms with van der Waals surface area (Å²) in [5.41, 5.74) is 5.33. The van der Waals surface area contributed by atoms with Crippen LogP contribution >= 0.6 is 0 Å². The zero-order valence-electron chi connectivity index (χ0n) is 13.3. The molecule has 21 heavy (non-hydrogen) atoms. The Bertz CT molecular complexity index is 290. The summed E-state index contributed by atoms with van der Waals surface area (Å²) in [7, 11) is 1.63. The van der Waals surface area contributed by atoms with Crippen LogP contribution < -0.4 is 5.73 Å². The van der Waals surface area contributed by atoms with E-state index >= 15 is 0 Å². The first kappa shape index (κ1) is 18.4. The monoisotopic (exact) mass is 303 g/mol. The fraction of sp³-hybridized carbons (Fsp3) is 0.933. The van der Waals surface area contributed by atoms with E-state index in [0.29, 0.717) is 51.8 Å². The highest BCUT2D eigenvalue weighted by molar-refractivity contribution is 5.80. The molecule has 6 nitrogen and oxygen atoms in total. The fourth-order valence-corrected chi connectivity index (χ4v) is 2.28. The third-order valence-corrected chi connectivity index (χ3v) is 3.84. The van der Waals surface area contributed by atoms with Crippen LogP contribution in [0.5, 0.6) is 0 Å². The van der Waals surface area contributed by atoms with E-state index < -0.39 is 5.54 Å². The second kappa shape index (κ2) is 10.1. The molecular weight excluding hydrogens is 274 g/mol. The summed E-state index contributed by atoms with van der Waals surface area (Å²) >= 11 is 0. The molecule has 0 bridgehead atoms. The van der Waals surface area contributed by atoms with Crippen molar-refractivity contribution in [2.45, 2.75) is 38.1 Å². The van der Waals surface area contributed by atoms with Gasteiger partial charge in [0.15, 0.2) is 0 Å². The van der Waals surface area contributed by atoms with Gasteiger partial charge in [0.1, 0.15) is 12.1 Å². The Morgan fingerprint density at radius 3 is 2.14 bits per heavy atom. The van der Waals surface area contributed by atoms with E-state index in [1.807, 2.05) is 0 Å². The highest BCUT2D eigenvalue weighted by Crippen LogP contribution is 2.30. The Hall–Kier alpha value is -0.690. The largest absolute Gasteiger partial charge is 0.462 e. The van der Waals surface area contributed by atoms with Crippen LogP contribution in [0.25, 0.3) is 0 Å². The number of carbonyl (C=O) groups excluding carboxylic acids is 1. The molecule has 0 aromatic heterocycles. The molecule has 0 spiro atoms. The highest BCUT2D eigenvalue weighted by atomic mass is 16.6. The Balaban J connectivity index is 2.01. The van der Waals surface area contributed by atoms with Crippen LogP contribution in [0.1, 0.15) is 32.6 Å². The number of hydrogen-bond acceptors (Lipinski definition) is 6. The number of nitrogens with two attached hydrogens (primary N) is 1. The summed E-state index contributed by atoms with van der Waals surface area (Å²) in [6.45, 7) is 4.92. The summed E-state index contributed by atoms with van der Waals surface area (Å²) in [5.74, 6) is 0.352. The molecule has 1 fully saturated rings. The number of rotatable bonds is 10. The van der Waals surface area contributed by atoms with Gasteiger partial charge in [0.05, 0.1) is 33.0 Å². The van der Waals surface area contributed by atoms with Crippen molar-refractivity contribution in [2.24, 2.45) is 11.7 Å². The molecule has 1 saturated carbocycles. The Morgan fingerprint density at radius 2 is 1.57 bits per heavy atom. The van der Waals surface area contributed by atoms with Gasteiger partial charge in [-0.2, -0.15) is 0 Å². The van der Waals surface area contributed by atoms with Gasteiger partial charge < -0.3 is 24.7 Å². The minimum absolute atomic E-state index is 0.241. The lowest BCUT2D eigenvalue weighted by Crippen LogP contribution is -2.51. The van der Waals surface area contributed by atoms with E-state index in [-0.39, 0.29) is 12.6 Å². The SMILES string of the molecule is COCCOCCOCCOC(=O)C1(N)CCC(C)CC1. The van der Waals surface area contributed by atoms with Gasteiger partial charge in [-0.3, -0.25) is 4.79 Å². The lowest BCUT2D eigenvalue weighted by atomic mass is 9.78. The number of methoxy groups -OCH3 is 1. The summed E-state index contributed by atoms with van der Waals surface area (Å²) in [6.07, 6.45) is 3.39. The van der Waals surface area contributed by atoms with Gasteiger partial charge >= 0.3 is 5.97 Å². The zero-order chi connectivity index (χ0) is 15.6. The van der Waals surface area contributed by atoms with Gasteiger partial charge in [0.25, 0.3) is 0 Å². The Kier molecular flexibility index (Phi) is 8.84. The van der Waals surface area contributed by atoms with Crippen molar-refractivity contribution in [3.63, 3.8) is 0 Å². The van der Waals surface area contributed by atoms with E-state index in [1.165, 1.54) is 0 Å². The molecule has 124 valence electrons. The maximum Gasteiger partial charge on any atom is 0.326 e. The molecule has 0 amide bonds. The first-order chi connectivity index (χ1) is 10.1. The lowest BCUT2D eigenvalue weighted by molar-refractivity contribution is -0.153. The van der Waals surface area contributed by atoms with Crippen LogP contribution in [0.4, 0.5) is 0 Å². The van der Waals surface area contributed by atoms with E-state index in [1.54, 1.807) is 7.11 Å². The van der Waals surface area contributed by atoms with Crippen molar-refractivity contribution in [1.29, 1.82) is 0 Å². The van der Waals surface area contributed by atoms with Crippen LogP contribution in [0.3, 0.4) is 0 Å². The molecule has 0 radical (unpaired) electrons. The van der Waals surface area contributed by atoms with Gasteiger partial charge in [-0.15, -0.1) is 0 Å². The second-order valence-corrected chi connectivity index (χ2v) is 5.69. The molecule has 1 aliphatic carbocycles. The summed E-state index contributed by atoms with van der Waals surface area (Å²) in [4.78, 5) is 12.0. The normalized spacial score (nSPS) is 25.8. The molecule has 0 heterocycles. The molecule has 0 aliphatic heterocycles. The van der Waals surface area contributed by atoms with Crippen LogP contribution in [-0.2, 0) is 23.7 Å². The van der Waals surface area contributed by atoms with Gasteiger partial charge in [-0.25, -0.2) is 0 Å². The maximum absolute atomic E-state index is 12.0. The minimum atomic E-state index is -0.796. The number of ether oxygens (including phenoxy) is 4. The average molecular weight is 303 g/mol. The minimum Gasteiger partial charge on any atom is -0.462 e. The standard InChI is InChI=1S/C15H29NO5/c1-13-3-5-15(16,6-4-13)14(17)21-12-11-20-10-9-19-8-7-18-2/h13H,3-12,16H2,1-2H3. The number of hydrogen-bond donors (Lipinski definition) is 1.